The minimum Gasteiger partial charge on any atom is -0.497 e. The Morgan fingerprint density at radius 1 is 1.25 bits per heavy atom. The van der Waals surface area contributed by atoms with E-state index < -0.39 is 0 Å². The lowest BCUT2D eigenvalue weighted by atomic mass is 10.1. The van der Waals surface area contributed by atoms with Gasteiger partial charge in [0.15, 0.2) is 0 Å². The van der Waals surface area contributed by atoms with Crippen LogP contribution in [0.4, 0.5) is 5.82 Å². The Kier molecular flexibility index (Phi) is 4.21. The number of hydrogen-bond acceptors (Lipinski definition) is 4. The number of aromatic nitrogens is 1. The van der Waals surface area contributed by atoms with Crippen molar-refractivity contribution in [1.29, 1.82) is 5.26 Å². The molecule has 0 aliphatic heterocycles. The Bertz CT molecular complexity index is 629. The first-order valence-electron chi connectivity index (χ1n) is 6.35. The average Bonchev–Trinajstić information content (AvgIpc) is 2.47. The standard InChI is InChI=1S/C16H17N3O/c1-12-8-9-18-16(15(12)10-17)19(2)11-13-4-6-14(20-3)7-5-13/h4-9H,11H2,1-3H3. The first-order valence-corrected chi connectivity index (χ1v) is 6.35. The fraction of sp³-hybridized carbons (Fsp3) is 0.250. The van der Waals surface area contributed by atoms with Gasteiger partial charge in [-0.2, -0.15) is 5.26 Å². The molecule has 0 saturated heterocycles. The molecule has 2 aromatic rings. The van der Waals surface area contributed by atoms with E-state index in [1.165, 1.54) is 0 Å². The molecule has 0 radical (unpaired) electrons. The van der Waals surface area contributed by atoms with Crippen molar-refractivity contribution in [1.82, 2.24) is 4.98 Å². The molecule has 0 spiro atoms. The van der Waals surface area contributed by atoms with Gasteiger partial charge < -0.3 is 9.64 Å². The molecule has 2 rings (SSSR count). The van der Waals surface area contributed by atoms with Crippen molar-refractivity contribution in [2.45, 2.75) is 13.5 Å². The maximum atomic E-state index is 9.25. The highest BCUT2D eigenvalue weighted by Crippen LogP contribution is 2.21. The van der Waals surface area contributed by atoms with Crippen LogP contribution in [0.1, 0.15) is 16.7 Å². The van der Waals surface area contributed by atoms with Gasteiger partial charge in [0.05, 0.1) is 12.7 Å². The zero-order chi connectivity index (χ0) is 14.5. The molecule has 0 unspecified atom stereocenters. The number of hydrogen-bond donors (Lipinski definition) is 0. The number of aryl methyl sites for hydroxylation is 1. The third kappa shape index (κ3) is 2.89. The summed E-state index contributed by atoms with van der Waals surface area (Å²) in [6.45, 7) is 2.61. The molecule has 4 nitrogen and oxygen atoms in total. The largest absolute Gasteiger partial charge is 0.497 e. The van der Waals surface area contributed by atoms with Gasteiger partial charge in [0.25, 0.3) is 0 Å². The summed E-state index contributed by atoms with van der Waals surface area (Å²) in [5.74, 6) is 1.55. The molecule has 0 amide bonds. The maximum Gasteiger partial charge on any atom is 0.146 e. The minimum absolute atomic E-state index is 0.628. The van der Waals surface area contributed by atoms with Crippen LogP contribution in [-0.4, -0.2) is 19.1 Å². The molecule has 20 heavy (non-hydrogen) atoms. The molecule has 1 heterocycles. The zero-order valence-electron chi connectivity index (χ0n) is 11.9. The minimum atomic E-state index is 0.628. The van der Waals surface area contributed by atoms with Gasteiger partial charge in [0, 0.05) is 19.8 Å². The monoisotopic (exact) mass is 267 g/mol. The zero-order valence-corrected chi connectivity index (χ0v) is 11.9. The van der Waals surface area contributed by atoms with Crippen LogP contribution in [0.3, 0.4) is 0 Å². The lowest BCUT2D eigenvalue weighted by molar-refractivity contribution is 0.414. The number of anilines is 1. The van der Waals surface area contributed by atoms with Gasteiger partial charge in [-0.1, -0.05) is 12.1 Å². The molecule has 0 aliphatic carbocycles. The van der Waals surface area contributed by atoms with Gasteiger partial charge in [-0.15, -0.1) is 0 Å². The molecule has 1 aromatic heterocycles. The van der Waals surface area contributed by atoms with Crippen LogP contribution >= 0.6 is 0 Å². The Hall–Kier alpha value is -2.54. The molecular weight excluding hydrogens is 250 g/mol. The van der Waals surface area contributed by atoms with Crippen LogP contribution in [0.25, 0.3) is 0 Å². The van der Waals surface area contributed by atoms with Crippen LogP contribution in [0.5, 0.6) is 5.75 Å². The van der Waals surface area contributed by atoms with Crippen molar-refractivity contribution < 1.29 is 4.74 Å². The van der Waals surface area contributed by atoms with E-state index in [0.29, 0.717) is 17.9 Å². The second-order valence-electron chi connectivity index (χ2n) is 4.64. The van der Waals surface area contributed by atoms with E-state index in [0.717, 1.165) is 16.9 Å². The van der Waals surface area contributed by atoms with Crippen molar-refractivity contribution in [2.24, 2.45) is 0 Å². The van der Waals surface area contributed by atoms with E-state index in [4.69, 9.17) is 4.74 Å². The highest BCUT2D eigenvalue weighted by atomic mass is 16.5. The number of ether oxygens (including phenoxy) is 1. The number of nitrogens with zero attached hydrogens (tertiary/aromatic N) is 3. The fourth-order valence-corrected chi connectivity index (χ4v) is 2.05. The molecule has 4 heteroatoms. The number of pyridine rings is 1. The molecule has 0 atom stereocenters. The Labute approximate surface area is 119 Å². The Morgan fingerprint density at radius 2 is 1.95 bits per heavy atom. The van der Waals surface area contributed by atoms with E-state index in [2.05, 4.69) is 11.1 Å². The highest BCUT2D eigenvalue weighted by molar-refractivity contribution is 5.56. The molecule has 102 valence electrons. The number of nitriles is 1. The topological polar surface area (TPSA) is 49.1 Å². The predicted molar refractivity (Wildman–Crippen MR) is 78.8 cm³/mol. The first-order chi connectivity index (χ1) is 9.65. The van der Waals surface area contributed by atoms with Crippen LogP contribution in [0, 0.1) is 18.3 Å². The summed E-state index contributed by atoms with van der Waals surface area (Å²) < 4.78 is 5.14. The normalized spacial score (nSPS) is 9.90. The smallest absolute Gasteiger partial charge is 0.146 e. The highest BCUT2D eigenvalue weighted by Gasteiger charge is 2.11. The Balaban J connectivity index is 2.21. The van der Waals surface area contributed by atoms with Gasteiger partial charge in [0.1, 0.15) is 17.6 Å². The lowest BCUT2D eigenvalue weighted by Crippen LogP contribution is -2.19. The van der Waals surface area contributed by atoms with E-state index in [1.54, 1.807) is 13.3 Å². The van der Waals surface area contributed by atoms with Gasteiger partial charge in [-0.05, 0) is 36.2 Å². The summed E-state index contributed by atoms with van der Waals surface area (Å²) in [6.07, 6.45) is 1.73. The van der Waals surface area contributed by atoms with E-state index in [1.807, 2.05) is 49.2 Å². The molecule has 1 aromatic carbocycles. The molecule has 0 N–H and O–H groups in total. The van der Waals surface area contributed by atoms with Crippen molar-refractivity contribution in [2.75, 3.05) is 19.1 Å². The summed E-state index contributed by atoms with van der Waals surface area (Å²) in [5.41, 5.74) is 2.71. The third-order valence-corrected chi connectivity index (χ3v) is 3.19. The molecular formula is C16H17N3O. The quantitative estimate of drug-likeness (QED) is 0.854. The van der Waals surface area contributed by atoms with Crippen LogP contribution in [-0.2, 0) is 6.54 Å². The van der Waals surface area contributed by atoms with E-state index >= 15 is 0 Å². The number of methoxy groups -OCH3 is 1. The SMILES string of the molecule is COc1ccc(CN(C)c2nccc(C)c2C#N)cc1. The summed E-state index contributed by atoms with van der Waals surface area (Å²) in [6, 6.07) is 12.0. The van der Waals surface area contributed by atoms with Crippen LogP contribution in [0.2, 0.25) is 0 Å². The first kappa shape index (κ1) is 13.9. The van der Waals surface area contributed by atoms with E-state index in [-0.39, 0.29) is 0 Å². The van der Waals surface area contributed by atoms with Crippen molar-refractivity contribution in [3.63, 3.8) is 0 Å². The van der Waals surface area contributed by atoms with Crippen molar-refractivity contribution >= 4 is 5.82 Å². The molecule has 0 aliphatic rings. The van der Waals surface area contributed by atoms with Crippen LogP contribution in [0.15, 0.2) is 36.5 Å². The van der Waals surface area contributed by atoms with Crippen molar-refractivity contribution in [3.8, 4) is 11.8 Å². The summed E-state index contributed by atoms with van der Waals surface area (Å²) in [7, 11) is 3.59. The fourth-order valence-electron chi connectivity index (χ4n) is 2.05. The summed E-state index contributed by atoms with van der Waals surface area (Å²) in [4.78, 5) is 6.30. The van der Waals surface area contributed by atoms with Gasteiger partial charge >= 0.3 is 0 Å². The lowest BCUT2D eigenvalue weighted by Gasteiger charge is -2.20. The molecule has 0 fully saturated rings. The molecule has 0 bridgehead atoms. The summed E-state index contributed by atoms with van der Waals surface area (Å²) in [5, 5.41) is 9.25. The van der Waals surface area contributed by atoms with Crippen LogP contribution < -0.4 is 9.64 Å². The molecule has 0 saturated carbocycles. The predicted octanol–water partition coefficient (Wildman–Crippen LogP) is 2.91. The second kappa shape index (κ2) is 6.07. The number of benzene rings is 1. The second-order valence-corrected chi connectivity index (χ2v) is 4.64. The van der Waals surface area contributed by atoms with Crippen molar-refractivity contribution in [3.05, 3.63) is 53.2 Å². The van der Waals surface area contributed by atoms with Gasteiger partial charge in [-0.25, -0.2) is 4.98 Å². The third-order valence-electron chi connectivity index (χ3n) is 3.19. The maximum absolute atomic E-state index is 9.25. The van der Waals surface area contributed by atoms with Gasteiger partial charge in [0.2, 0.25) is 0 Å². The Morgan fingerprint density at radius 3 is 2.55 bits per heavy atom. The number of rotatable bonds is 4. The van der Waals surface area contributed by atoms with Gasteiger partial charge in [-0.3, -0.25) is 0 Å². The average molecular weight is 267 g/mol. The van der Waals surface area contributed by atoms with E-state index in [9.17, 15) is 5.26 Å². The summed E-state index contributed by atoms with van der Waals surface area (Å²) >= 11 is 0.